The van der Waals surface area contributed by atoms with Crippen molar-refractivity contribution < 1.29 is 4.74 Å². The zero-order chi connectivity index (χ0) is 16.2. The summed E-state index contributed by atoms with van der Waals surface area (Å²) in [6.45, 7) is 10.7. The predicted molar refractivity (Wildman–Crippen MR) is 101 cm³/mol. The van der Waals surface area contributed by atoms with Crippen molar-refractivity contribution in [2.45, 2.75) is 45.0 Å². The van der Waals surface area contributed by atoms with E-state index in [4.69, 9.17) is 10.5 Å². The number of ether oxygens (including phenoxy) is 1. The molecule has 24 heavy (non-hydrogen) atoms. The van der Waals surface area contributed by atoms with E-state index in [9.17, 15) is 0 Å². The van der Waals surface area contributed by atoms with Crippen LogP contribution in [0.3, 0.4) is 0 Å². The van der Waals surface area contributed by atoms with Crippen LogP contribution in [0.5, 0.6) is 0 Å². The highest BCUT2D eigenvalue weighted by Gasteiger charge is 2.33. The number of halogens is 1. The minimum absolute atomic E-state index is 0. The van der Waals surface area contributed by atoms with Crippen molar-refractivity contribution >= 4 is 12.4 Å². The van der Waals surface area contributed by atoms with Gasteiger partial charge in [-0.2, -0.15) is 0 Å². The van der Waals surface area contributed by atoms with Crippen LogP contribution in [-0.4, -0.2) is 60.8 Å². The highest BCUT2D eigenvalue weighted by atomic mass is 35.5. The maximum absolute atomic E-state index is 6.05. The molecule has 4 unspecified atom stereocenters. The molecule has 2 saturated heterocycles. The summed E-state index contributed by atoms with van der Waals surface area (Å²) in [4.78, 5) is 5.23. The smallest absolute Gasteiger partial charge is 0.0850 e. The van der Waals surface area contributed by atoms with Crippen LogP contribution >= 0.6 is 12.4 Å². The van der Waals surface area contributed by atoms with E-state index in [1.165, 1.54) is 18.5 Å². The SMILES string of the molecule is CC1CC(N2CCOC(C(C)N)C2)CN(Cc2ccccc2)C1.Cl. The van der Waals surface area contributed by atoms with Gasteiger partial charge in [-0.3, -0.25) is 9.80 Å². The van der Waals surface area contributed by atoms with E-state index in [1.807, 2.05) is 0 Å². The van der Waals surface area contributed by atoms with Gasteiger partial charge in [0.15, 0.2) is 0 Å². The number of piperidine rings is 1. The van der Waals surface area contributed by atoms with E-state index < -0.39 is 0 Å². The van der Waals surface area contributed by atoms with Gasteiger partial charge in [0, 0.05) is 44.8 Å². The highest BCUT2D eigenvalue weighted by molar-refractivity contribution is 5.85. The second-order valence-corrected chi connectivity index (χ2v) is 7.44. The van der Waals surface area contributed by atoms with E-state index in [0.717, 1.165) is 38.7 Å². The minimum Gasteiger partial charge on any atom is -0.374 e. The molecule has 0 spiro atoms. The van der Waals surface area contributed by atoms with Crippen LogP contribution in [0.25, 0.3) is 0 Å². The van der Waals surface area contributed by atoms with E-state index in [0.29, 0.717) is 6.04 Å². The summed E-state index contributed by atoms with van der Waals surface area (Å²) >= 11 is 0. The number of nitrogens with zero attached hydrogens (tertiary/aromatic N) is 2. The van der Waals surface area contributed by atoms with Crippen LogP contribution in [0.1, 0.15) is 25.8 Å². The molecule has 2 heterocycles. The molecule has 1 aromatic rings. The lowest BCUT2D eigenvalue weighted by molar-refractivity contribution is -0.0654. The molecule has 136 valence electrons. The molecule has 5 heteroatoms. The summed E-state index contributed by atoms with van der Waals surface area (Å²) < 4.78 is 5.83. The van der Waals surface area contributed by atoms with Gasteiger partial charge in [0.2, 0.25) is 0 Å². The molecule has 1 aromatic carbocycles. The summed E-state index contributed by atoms with van der Waals surface area (Å²) in [5, 5.41) is 0. The molecule has 2 N–H and O–H groups in total. The molecule has 0 aliphatic carbocycles. The molecule has 0 aromatic heterocycles. The summed E-state index contributed by atoms with van der Waals surface area (Å²) in [6, 6.07) is 11.6. The molecule has 0 radical (unpaired) electrons. The average molecular weight is 354 g/mol. The lowest BCUT2D eigenvalue weighted by Gasteiger charge is -2.45. The number of nitrogens with two attached hydrogens (primary N) is 1. The number of benzene rings is 1. The first-order chi connectivity index (χ1) is 11.1. The second-order valence-electron chi connectivity index (χ2n) is 7.44. The Morgan fingerprint density at radius 2 is 1.96 bits per heavy atom. The van der Waals surface area contributed by atoms with Crippen molar-refractivity contribution in [3.63, 3.8) is 0 Å². The number of morpholine rings is 1. The average Bonchev–Trinajstić information content (AvgIpc) is 2.55. The van der Waals surface area contributed by atoms with Crippen LogP contribution < -0.4 is 5.73 Å². The number of rotatable bonds is 4. The lowest BCUT2D eigenvalue weighted by atomic mass is 9.93. The largest absolute Gasteiger partial charge is 0.374 e. The van der Waals surface area contributed by atoms with Gasteiger partial charge in [-0.15, -0.1) is 12.4 Å². The van der Waals surface area contributed by atoms with Crippen molar-refractivity contribution in [2.24, 2.45) is 11.7 Å². The third-order valence-corrected chi connectivity index (χ3v) is 5.19. The topological polar surface area (TPSA) is 41.7 Å². The van der Waals surface area contributed by atoms with Crippen LogP contribution in [0, 0.1) is 5.92 Å². The van der Waals surface area contributed by atoms with E-state index in [1.54, 1.807) is 0 Å². The fourth-order valence-corrected chi connectivity index (χ4v) is 4.01. The first kappa shape index (κ1) is 19.7. The molecule has 2 aliphatic rings. The highest BCUT2D eigenvalue weighted by Crippen LogP contribution is 2.24. The zero-order valence-electron chi connectivity index (χ0n) is 14.9. The van der Waals surface area contributed by atoms with Crippen molar-refractivity contribution in [1.29, 1.82) is 0 Å². The molecule has 2 aliphatic heterocycles. The third kappa shape index (κ3) is 5.17. The summed E-state index contributed by atoms with van der Waals surface area (Å²) in [5.41, 5.74) is 7.47. The normalized spacial score (nSPS) is 30.5. The van der Waals surface area contributed by atoms with Crippen LogP contribution in [0.4, 0.5) is 0 Å². The van der Waals surface area contributed by atoms with Gasteiger partial charge < -0.3 is 10.5 Å². The molecular formula is C19H32ClN3O. The Labute approximate surface area is 152 Å². The first-order valence-electron chi connectivity index (χ1n) is 8.99. The zero-order valence-corrected chi connectivity index (χ0v) is 15.8. The Bertz CT molecular complexity index is 485. The van der Waals surface area contributed by atoms with Crippen molar-refractivity contribution in [1.82, 2.24) is 9.80 Å². The predicted octanol–water partition coefficient (Wildman–Crippen LogP) is 2.37. The summed E-state index contributed by atoms with van der Waals surface area (Å²) in [7, 11) is 0. The van der Waals surface area contributed by atoms with Gasteiger partial charge in [-0.1, -0.05) is 37.3 Å². The fourth-order valence-electron chi connectivity index (χ4n) is 4.01. The van der Waals surface area contributed by atoms with Gasteiger partial charge in [0.25, 0.3) is 0 Å². The lowest BCUT2D eigenvalue weighted by Crippen LogP contribution is -2.57. The van der Waals surface area contributed by atoms with Crippen LogP contribution in [0.2, 0.25) is 0 Å². The maximum Gasteiger partial charge on any atom is 0.0850 e. The maximum atomic E-state index is 6.05. The summed E-state index contributed by atoms with van der Waals surface area (Å²) in [6.07, 6.45) is 1.47. The molecule has 4 nitrogen and oxygen atoms in total. The third-order valence-electron chi connectivity index (χ3n) is 5.19. The Morgan fingerprint density at radius 3 is 2.67 bits per heavy atom. The monoisotopic (exact) mass is 353 g/mol. The van der Waals surface area contributed by atoms with E-state index in [2.05, 4.69) is 54.0 Å². The van der Waals surface area contributed by atoms with E-state index >= 15 is 0 Å². The molecule has 0 saturated carbocycles. The van der Waals surface area contributed by atoms with Gasteiger partial charge in [-0.25, -0.2) is 0 Å². The molecule has 2 fully saturated rings. The Morgan fingerprint density at radius 1 is 1.21 bits per heavy atom. The quantitative estimate of drug-likeness (QED) is 0.902. The van der Waals surface area contributed by atoms with Crippen molar-refractivity contribution in [2.75, 3.05) is 32.8 Å². The first-order valence-corrected chi connectivity index (χ1v) is 8.99. The Balaban J connectivity index is 0.00000208. The minimum atomic E-state index is 0. The fraction of sp³-hybridized carbons (Fsp3) is 0.684. The van der Waals surface area contributed by atoms with Gasteiger partial charge >= 0.3 is 0 Å². The number of likely N-dealkylation sites (tertiary alicyclic amines) is 1. The Hall–Kier alpha value is -0.650. The molecule has 0 bridgehead atoms. The van der Waals surface area contributed by atoms with Crippen LogP contribution in [0.15, 0.2) is 30.3 Å². The molecule has 3 rings (SSSR count). The van der Waals surface area contributed by atoms with E-state index in [-0.39, 0.29) is 24.6 Å². The Kier molecular flexibility index (Phi) is 7.51. The van der Waals surface area contributed by atoms with Crippen molar-refractivity contribution in [3.8, 4) is 0 Å². The summed E-state index contributed by atoms with van der Waals surface area (Å²) in [5.74, 6) is 0.744. The molecular weight excluding hydrogens is 322 g/mol. The second kappa shape index (κ2) is 9.16. The molecule has 4 atom stereocenters. The van der Waals surface area contributed by atoms with Gasteiger partial charge in [0.05, 0.1) is 12.7 Å². The number of hydrogen-bond acceptors (Lipinski definition) is 4. The standard InChI is InChI=1S/C19H31N3O.ClH/c1-15-10-18(22-8-9-23-19(14-22)16(2)20)13-21(11-15)12-17-6-4-3-5-7-17;/h3-7,15-16,18-19H,8-14,20H2,1-2H3;1H. The molecule has 0 amide bonds. The number of hydrogen-bond donors (Lipinski definition) is 1. The van der Waals surface area contributed by atoms with Crippen molar-refractivity contribution in [3.05, 3.63) is 35.9 Å². The van der Waals surface area contributed by atoms with Crippen LogP contribution in [-0.2, 0) is 11.3 Å². The van der Waals surface area contributed by atoms with Gasteiger partial charge in [-0.05, 0) is 24.8 Å². The van der Waals surface area contributed by atoms with Gasteiger partial charge in [0.1, 0.15) is 0 Å².